The number of likely N-dealkylation sites (tertiary alicyclic amines) is 2. The van der Waals surface area contributed by atoms with Crippen LogP contribution in [0.3, 0.4) is 0 Å². The van der Waals surface area contributed by atoms with Gasteiger partial charge < -0.3 is 68.9 Å². The molecule has 0 aromatic heterocycles. The lowest BCUT2D eigenvalue weighted by Crippen LogP contribution is -2.59. The molecule has 2 aliphatic heterocycles. The van der Waals surface area contributed by atoms with Crippen molar-refractivity contribution in [2.45, 2.75) is 196 Å². The smallest absolute Gasteiger partial charge is 0.246 e. The molecule has 0 radical (unpaired) electrons. The van der Waals surface area contributed by atoms with E-state index < -0.39 is 120 Å². The number of amides is 11. The van der Waals surface area contributed by atoms with Crippen molar-refractivity contribution < 1.29 is 68.1 Å². The number of nitrogens with one attached hydrogen (secondary N) is 7. The van der Waals surface area contributed by atoms with Crippen molar-refractivity contribution >= 4 is 76.7 Å². The molecule has 2 aliphatic rings. The number of carbonyl (C=O) groups excluding carboxylic acids is 11. The van der Waals surface area contributed by atoms with Crippen LogP contribution in [-0.2, 0) is 72.0 Å². The van der Waals surface area contributed by atoms with E-state index in [1.165, 1.54) is 112 Å². The molecule has 14 N–H and O–H groups in total. The summed E-state index contributed by atoms with van der Waals surface area (Å²) in [5.41, 5.74) is 13.6. The average Bonchev–Trinajstić information content (AvgIpc) is 1.84. The number of rotatable bonds is 42. The van der Waals surface area contributed by atoms with Gasteiger partial charge in [0, 0.05) is 51.1 Å². The number of imide groups is 1. The van der Waals surface area contributed by atoms with Crippen molar-refractivity contribution in [3.8, 4) is 11.5 Å². The zero-order valence-corrected chi connectivity index (χ0v) is 53.8. The Morgan fingerprint density at radius 1 is 0.609 bits per heavy atom. The molecule has 5 rings (SSSR count). The van der Waals surface area contributed by atoms with Crippen LogP contribution in [0.1, 0.15) is 146 Å². The lowest BCUT2D eigenvalue weighted by atomic mass is 10.0. The van der Waals surface area contributed by atoms with Crippen LogP contribution >= 0.6 is 11.8 Å². The zero-order valence-electron chi connectivity index (χ0n) is 53.0. The predicted octanol–water partition coefficient (Wildman–Crippen LogP) is 2.33. The van der Waals surface area contributed by atoms with E-state index >= 15 is 0 Å². The number of aromatic hydroxyl groups is 2. The third-order valence-corrected chi connectivity index (χ3v) is 17.5. The first kappa shape index (κ1) is 74.6. The highest BCUT2D eigenvalue weighted by molar-refractivity contribution is 8.00. The molecule has 0 bridgehead atoms. The fourth-order valence-electron chi connectivity index (χ4n) is 10.8. The molecule has 92 heavy (non-hydrogen) atoms. The van der Waals surface area contributed by atoms with E-state index in [9.17, 15) is 68.1 Å². The lowest BCUT2D eigenvalue weighted by molar-refractivity contribution is -0.142. The molecule has 11 amide bonds. The van der Waals surface area contributed by atoms with Crippen LogP contribution < -0.4 is 48.7 Å². The van der Waals surface area contributed by atoms with Gasteiger partial charge in [-0.1, -0.05) is 139 Å². The van der Waals surface area contributed by atoms with E-state index in [4.69, 9.17) is 11.5 Å². The van der Waals surface area contributed by atoms with Gasteiger partial charge in [-0.15, -0.1) is 11.8 Å². The first-order valence-corrected chi connectivity index (χ1v) is 33.3. The minimum atomic E-state index is -1.65. The van der Waals surface area contributed by atoms with Gasteiger partial charge >= 0.3 is 0 Å². The fourth-order valence-corrected chi connectivity index (χ4v) is 12.0. The van der Waals surface area contributed by atoms with Crippen molar-refractivity contribution in [2.75, 3.05) is 38.5 Å². The summed E-state index contributed by atoms with van der Waals surface area (Å²) in [6, 6.07) is 11.5. The Kier molecular flexibility index (Phi) is 32.4. The summed E-state index contributed by atoms with van der Waals surface area (Å²) in [5.74, 6) is -7.86. The second-order valence-corrected chi connectivity index (χ2v) is 24.9. The topological polar surface area (TPSA) is 391 Å². The van der Waals surface area contributed by atoms with E-state index in [-0.39, 0.29) is 74.9 Å². The van der Waals surface area contributed by atoms with Crippen LogP contribution in [0.2, 0.25) is 0 Å². The summed E-state index contributed by atoms with van der Waals surface area (Å²) in [6.07, 6.45) is 16.6. The standard InChI is InChI=1S/C66H95N11O14S/c1-3-4-5-6-7-8-9-10-11-12-13-14-18-24-56(81)69-33-20-35-77-58(83)39-55(66(77)91)92-42-53(59(68)84)75-63(88)52(41-78)74-64(89)54-23-19-34-76(54)65(90)51(38-46-27-31-48(80)32-28-46)72-57(82)40-70-62(87)50(37-44-21-16-15-17-22-44)73-60(85)43(2)71-61(86)49(67)36-45-25-29-47(79)30-26-45/h15-17,21-22,25-32,43,49-55,78-80H,3-14,18-20,23-24,33-42,67H2,1-2H3,(H2,68,84)(H,69,81)(H,70,87)(H,71,86)(H,72,82)(H,73,85)(H,74,89)(H,75,88)/t43-,49+,50+,51+,52+,53+,54+,55?/m1/s1. The van der Waals surface area contributed by atoms with Gasteiger partial charge in [0.15, 0.2) is 0 Å². The lowest BCUT2D eigenvalue weighted by Gasteiger charge is -2.30. The molecule has 0 aliphatic carbocycles. The number of hydrogen-bond donors (Lipinski definition) is 12. The molecule has 26 heteroatoms. The summed E-state index contributed by atoms with van der Waals surface area (Å²) in [6.45, 7) is 2.39. The molecular weight excluding hydrogens is 1200 g/mol. The number of hydrogen-bond acceptors (Lipinski definition) is 16. The van der Waals surface area contributed by atoms with Crippen LogP contribution in [-0.4, -0.2) is 176 Å². The first-order chi connectivity index (χ1) is 44.2. The zero-order chi connectivity index (χ0) is 67.0. The molecule has 2 heterocycles. The molecule has 25 nitrogen and oxygen atoms in total. The number of benzene rings is 3. The number of aliphatic hydroxyl groups excluding tert-OH is 1. The molecule has 8 atom stereocenters. The van der Waals surface area contributed by atoms with Crippen molar-refractivity contribution in [3.63, 3.8) is 0 Å². The van der Waals surface area contributed by atoms with Gasteiger partial charge in [0.1, 0.15) is 47.8 Å². The van der Waals surface area contributed by atoms with Gasteiger partial charge in [-0.2, -0.15) is 0 Å². The van der Waals surface area contributed by atoms with Gasteiger partial charge in [-0.05, 0) is 80.0 Å². The number of thioether (sulfide) groups is 1. The molecule has 0 spiro atoms. The quantitative estimate of drug-likeness (QED) is 0.0286. The maximum Gasteiger partial charge on any atom is 0.246 e. The first-order valence-electron chi connectivity index (χ1n) is 32.2. The fraction of sp³-hybridized carbons (Fsp3) is 0.561. The summed E-state index contributed by atoms with van der Waals surface area (Å²) in [4.78, 5) is 150. The largest absolute Gasteiger partial charge is 0.508 e. The Bertz CT molecular complexity index is 2910. The Morgan fingerprint density at radius 2 is 1.17 bits per heavy atom. The average molecular weight is 1300 g/mol. The van der Waals surface area contributed by atoms with E-state index in [2.05, 4.69) is 44.1 Å². The van der Waals surface area contributed by atoms with Crippen molar-refractivity contribution in [1.29, 1.82) is 0 Å². The number of nitrogens with zero attached hydrogens (tertiary/aromatic N) is 2. The van der Waals surface area contributed by atoms with Crippen LogP contribution in [0, 0.1) is 0 Å². The Hall–Kier alpha value is -8.10. The minimum Gasteiger partial charge on any atom is -0.508 e. The summed E-state index contributed by atoms with van der Waals surface area (Å²) >= 11 is 0.932. The SMILES string of the molecule is CCCCCCCCCCCCCCCC(=O)NCCCN1C(=O)CC(SC[C@H](NC(=O)[C@H](CO)NC(=O)[C@@H]2CCCN2C(=O)[C@H](Cc2ccc(O)cc2)NC(=O)CNC(=O)[C@H](Cc2ccccc2)NC(=O)[C@@H](C)NC(=O)[C@@H](N)Cc2ccc(O)cc2)C(N)=O)C1=O. The van der Waals surface area contributed by atoms with Crippen LogP contribution in [0.25, 0.3) is 0 Å². The predicted molar refractivity (Wildman–Crippen MR) is 347 cm³/mol. The molecule has 2 fully saturated rings. The van der Waals surface area contributed by atoms with Gasteiger partial charge in [-0.25, -0.2) is 0 Å². The Balaban J connectivity index is 1.09. The molecule has 0 saturated carbocycles. The van der Waals surface area contributed by atoms with Crippen molar-refractivity contribution in [3.05, 3.63) is 95.6 Å². The molecule has 3 aromatic rings. The Morgan fingerprint density at radius 3 is 1.77 bits per heavy atom. The van der Waals surface area contributed by atoms with Crippen LogP contribution in [0.15, 0.2) is 78.9 Å². The van der Waals surface area contributed by atoms with Gasteiger partial charge in [0.25, 0.3) is 0 Å². The van der Waals surface area contributed by atoms with Crippen molar-refractivity contribution in [1.82, 2.24) is 47.0 Å². The monoisotopic (exact) mass is 1300 g/mol. The molecule has 2 saturated heterocycles. The van der Waals surface area contributed by atoms with Gasteiger partial charge in [0.05, 0.1) is 24.4 Å². The van der Waals surface area contributed by atoms with E-state index in [1.54, 1.807) is 42.5 Å². The van der Waals surface area contributed by atoms with E-state index in [0.29, 0.717) is 36.0 Å². The van der Waals surface area contributed by atoms with E-state index in [0.717, 1.165) is 35.9 Å². The number of nitrogens with two attached hydrogens (primary N) is 2. The number of primary amides is 1. The van der Waals surface area contributed by atoms with Gasteiger partial charge in [-0.3, -0.25) is 57.6 Å². The highest BCUT2D eigenvalue weighted by atomic mass is 32.2. The second-order valence-electron chi connectivity index (χ2n) is 23.7. The number of phenols is 2. The number of unbranched alkanes of at least 4 members (excludes halogenated alkanes) is 12. The number of carbonyl (C=O) groups is 11. The molecule has 1 unspecified atom stereocenters. The number of phenolic OH excluding ortho intramolecular Hbond substituents is 2. The second kappa shape index (κ2) is 40.0. The highest BCUT2D eigenvalue weighted by Crippen LogP contribution is 2.27. The molecular formula is C66H95N11O14S. The maximum absolute atomic E-state index is 14.5. The maximum atomic E-state index is 14.5. The van der Waals surface area contributed by atoms with Crippen molar-refractivity contribution in [2.24, 2.45) is 11.5 Å². The van der Waals surface area contributed by atoms with Crippen LogP contribution in [0.4, 0.5) is 0 Å². The summed E-state index contributed by atoms with van der Waals surface area (Å²) in [5, 5.41) is 47.1. The third kappa shape index (κ3) is 25.9. The summed E-state index contributed by atoms with van der Waals surface area (Å²) < 4.78 is 0. The molecule has 3 aromatic carbocycles. The molecule has 504 valence electrons. The summed E-state index contributed by atoms with van der Waals surface area (Å²) in [7, 11) is 0. The van der Waals surface area contributed by atoms with Gasteiger partial charge in [0.2, 0.25) is 65.0 Å². The third-order valence-electron chi connectivity index (χ3n) is 16.2. The minimum absolute atomic E-state index is 0.0271. The van der Waals surface area contributed by atoms with Crippen LogP contribution in [0.5, 0.6) is 11.5 Å². The van der Waals surface area contributed by atoms with E-state index in [1.807, 2.05) is 0 Å². The normalized spacial score (nSPS) is 16.5. The number of aliphatic hydroxyl groups is 1. The Labute approximate surface area is 542 Å². The highest BCUT2D eigenvalue weighted by Gasteiger charge is 2.41.